The van der Waals surface area contributed by atoms with Crippen molar-refractivity contribution in [2.75, 3.05) is 17.1 Å². The summed E-state index contributed by atoms with van der Waals surface area (Å²) in [5, 5.41) is 2.94. The van der Waals surface area contributed by atoms with Crippen molar-refractivity contribution < 1.29 is 13.2 Å². The Kier molecular flexibility index (Phi) is 6.42. The van der Waals surface area contributed by atoms with E-state index >= 15 is 0 Å². The molecular formula is C20H26N2O3S. The van der Waals surface area contributed by atoms with E-state index < -0.39 is 10.0 Å². The zero-order valence-corrected chi connectivity index (χ0v) is 16.5. The van der Waals surface area contributed by atoms with Gasteiger partial charge >= 0.3 is 0 Å². The number of anilines is 1. The molecule has 26 heavy (non-hydrogen) atoms. The Labute approximate surface area is 156 Å². The first-order chi connectivity index (χ1) is 12.2. The van der Waals surface area contributed by atoms with Crippen molar-refractivity contribution in [3.8, 4) is 0 Å². The number of sulfonamides is 1. The smallest absolute Gasteiger partial charge is 0.241 e. The molecule has 2 aromatic rings. The van der Waals surface area contributed by atoms with Gasteiger partial charge in [-0.3, -0.25) is 9.10 Å². The summed E-state index contributed by atoms with van der Waals surface area (Å²) in [6, 6.07) is 15.1. The van der Waals surface area contributed by atoms with Crippen LogP contribution >= 0.6 is 0 Å². The fourth-order valence-corrected chi connectivity index (χ4v) is 3.75. The van der Waals surface area contributed by atoms with Crippen molar-refractivity contribution in [3.05, 3.63) is 65.2 Å². The van der Waals surface area contributed by atoms with Crippen molar-refractivity contribution in [1.82, 2.24) is 5.32 Å². The zero-order chi connectivity index (χ0) is 19.3. The fourth-order valence-electron chi connectivity index (χ4n) is 2.85. The van der Waals surface area contributed by atoms with Gasteiger partial charge < -0.3 is 5.32 Å². The van der Waals surface area contributed by atoms with Gasteiger partial charge in [0.25, 0.3) is 0 Å². The van der Waals surface area contributed by atoms with Gasteiger partial charge in [0.05, 0.1) is 18.0 Å². The average molecular weight is 375 g/mol. The molecule has 0 aliphatic heterocycles. The number of carbonyl (C=O) groups excluding carboxylic acids is 1. The van der Waals surface area contributed by atoms with Crippen molar-refractivity contribution in [2.24, 2.45) is 0 Å². The monoisotopic (exact) mass is 374 g/mol. The minimum atomic E-state index is -3.59. The first kappa shape index (κ1) is 20.0. The number of nitrogens with zero attached hydrogens (tertiary/aromatic N) is 1. The predicted molar refractivity (Wildman–Crippen MR) is 106 cm³/mol. The lowest BCUT2D eigenvalue weighted by molar-refractivity contribution is -0.120. The summed E-state index contributed by atoms with van der Waals surface area (Å²) in [5.74, 6) is -0.327. The summed E-state index contributed by atoms with van der Waals surface area (Å²) in [6.07, 6.45) is 1.84. The van der Waals surface area contributed by atoms with E-state index in [0.717, 1.165) is 29.4 Å². The van der Waals surface area contributed by atoms with Crippen molar-refractivity contribution in [3.63, 3.8) is 0 Å². The van der Waals surface area contributed by atoms with Crippen LogP contribution in [0, 0.1) is 13.8 Å². The molecule has 1 amide bonds. The highest BCUT2D eigenvalue weighted by Gasteiger charge is 2.23. The molecule has 1 unspecified atom stereocenters. The van der Waals surface area contributed by atoms with Crippen LogP contribution in [0.1, 0.15) is 36.1 Å². The summed E-state index contributed by atoms with van der Waals surface area (Å²) < 4.78 is 25.8. The topological polar surface area (TPSA) is 66.5 Å². The van der Waals surface area contributed by atoms with Gasteiger partial charge in [-0.05, 0) is 43.0 Å². The molecule has 0 spiro atoms. The third-order valence-corrected chi connectivity index (χ3v) is 5.39. The SMILES string of the molecule is CCC(NC(=O)CN(c1cc(C)ccc1C)S(C)(=O)=O)c1ccccc1. The first-order valence-corrected chi connectivity index (χ1v) is 10.5. The number of nitrogens with one attached hydrogen (secondary N) is 1. The summed E-state index contributed by atoms with van der Waals surface area (Å²) in [6.45, 7) is 5.47. The number of hydrogen-bond acceptors (Lipinski definition) is 3. The Morgan fingerprint density at radius 3 is 2.35 bits per heavy atom. The molecular weight excluding hydrogens is 348 g/mol. The number of rotatable bonds is 7. The van der Waals surface area contributed by atoms with E-state index in [1.165, 1.54) is 4.31 Å². The Hall–Kier alpha value is -2.34. The lowest BCUT2D eigenvalue weighted by atomic mass is 10.0. The molecule has 0 saturated heterocycles. The number of aryl methyl sites for hydroxylation is 2. The summed E-state index contributed by atoms with van der Waals surface area (Å²) in [5.41, 5.74) is 3.29. The number of hydrogen-bond donors (Lipinski definition) is 1. The molecule has 2 rings (SSSR count). The van der Waals surface area contributed by atoms with Crippen LogP contribution in [-0.2, 0) is 14.8 Å². The minimum absolute atomic E-state index is 0.149. The van der Waals surface area contributed by atoms with Crippen LogP contribution < -0.4 is 9.62 Å². The van der Waals surface area contributed by atoms with Gasteiger partial charge in [0.1, 0.15) is 6.54 Å². The van der Waals surface area contributed by atoms with E-state index in [1.807, 2.05) is 63.2 Å². The van der Waals surface area contributed by atoms with Gasteiger partial charge in [-0.25, -0.2) is 8.42 Å². The standard InChI is InChI=1S/C20H26N2O3S/c1-5-18(17-9-7-6-8-10-17)21-20(23)14-22(26(4,24)25)19-13-15(2)11-12-16(19)3/h6-13,18H,5,14H2,1-4H3,(H,21,23). The maximum atomic E-state index is 12.6. The Balaban J connectivity index is 2.23. The van der Waals surface area contributed by atoms with Crippen LogP contribution in [-0.4, -0.2) is 27.1 Å². The second-order valence-corrected chi connectivity index (χ2v) is 8.41. The minimum Gasteiger partial charge on any atom is -0.348 e. The highest BCUT2D eigenvalue weighted by molar-refractivity contribution is 7.92. The molecule has 0 aliphatic rings. The van der Waals surface area contributed by atoms with Gasteiger partial charge in [-0.1, -0.05) is 49.4 Å². The number of carbonyl (C=O) groups is 1. The zero-order valence-electron chi connectivity index (χ0n) is 15.7. The molecule has 0 saturated carbocycles. The Bertz CT molecular complexity index is 864. The molecule has 0 heterocycles. The predicted octanol–water partition coefficient (Wildman–Crippen LogP) is 3.34. The lowest BCUT2D eigenvalue weighted by Crippen LogP contribution is -2.41. The van der Waals surface area contributed by atoms with E-state index in [1.54, 1.807) is 6.07 Å². The largest absolute Gasteiger partial charge is 0.348 e. The molecule has 1 N–H and O–H groups in total. The summed E-state index contributed by atoms with van der Waals surface area (Å²) in [4.78, 5) is 12.6. The quantitative estimate of drug-likeness (QED) is 0.808. The van der Waals surface area contributed by atoms with E-state index in [-0.39, 0.29) is 18.5 Å². The number of amides is 1. The fraction of sp³-hybridized carbons (Fsp3) is 0.350. The van der Waals surface area contributed by atoms with E-state index in [9.17, 15) is 13.2 Å². The molecule has 0 bridgehead atoms. The highest BCUT2D eigenvalue weighted by atomic mass is 32.2. The molecule has 0 aliphatic carbocycles. The third-order valence-electron chi connectivity index (χ3n) is 4.27. The van der Waals surface area contributed by atoms with E-state index in [0.29, 0.717) is 5.69 Å². The van der Waals surface area contributed by atoms with Crippen LogP contribution in [0.5, 0.6) is 0 Å². The van der Waals surface area contributed by atoms with E-state index in [2.05, 4.69) is 5.32 Å². The van der Waals surface area contributed by atoms with Gasteiger partial charge in [-0.2, -0.15) is 0 Å². The van der Waals surface area contributed by atoms with Crippen LogP contribution in [0.3, 0.4) is 0 Å². The van der Waals surface area contributed by atoms with Crippen LogP contribution in [0.2, 0.25) is 0 Å². The van der Waals surface area contributed by atoms with Gasteiger partial charge in [0, 0.05) is 0 Å². The van der Waals surface area contributed by atoms with Crippen LogP contribution in [0.15, 0.2) is 48.5 Å². The van der Waals surface area contributed by atoms with Crippen molar-refractivity contribution in [2.45, 2.75) is 33.2 Å². The Morgan fingerprint density at radius 1 is 1.12 bits per heavy atom. The second kappa shape index (κ2) is 8.36. The first-order valence-electron chi connectivity index (χ1n) is 8.61. The summed E-state index contributed by atoms with van der Waals surface area (Å²) >= 11 is 0. The normalized spacial score (nSPS) is 12.5. The maximum absolute atomic E-state index is 12.6. The molecule has 0 aromatic heterocycles. The third kappa shape index (κ3) is 5.08. The second-order valence-electron chi connectivity index (χ2n) is 6.50. The van der Waals surface area contributed by atoms with Gasteiger partial charge in [0.15, 0.2) is 0 Å². The molecule has 1 atom stereocenters. The van der Waals surface area contributed by atoms with Crippen molar-refractivity contribution in [1.29, 1.82) is 0 Å². The Morgan fingerprint density at radius 2 is 1.77 bits per heavy atom. The average Bonchev–Trinajstić information content (AvgIpc) is 2.59. The highest BCUT2D eigenvalue weighted by Crippen LogP contribution is 2.24. The number of benzene rings is 2. The van der Waals surface area contributed by atoms with E-state index in [4.69, 9.17) is 0 Å². The molecule has 6 heteroatoms. The molecule has 2 aromatic carbocycles. The lowest BCUT2D eigenvalue weighted by Gasteiger charge is -2.25. The molecule has 0 fully saturated rings. The van der Waals surface area contributed by atoms with Crippen LogP contribution in [0.25, 0.3) is 0 Å². The molecule has 0 radical (unpaired) electrons. The van der Waals surface area contributed by atoms with Crippen molar-refractivity contribution >= 4 is 21.6 Å². The summed E-state index contributed by atoms with van der Waals surface area (Å²) in [7, 11) is -3.59. The van der Waals surface area contributed by atoms with Gasteiger partial charge in [-0.15, -0.1) is 0 Å². The molecule has 140 valence electrons. The molecule has 5 nitrogen and oxygen atoms in total. The van der Waals surface area contributed by atoms with Crippen LogP contribution in [0.4, 0.5) is 5.69 Å². The van der Waals surface area contributed by atoms with Gasteiger partial charge in [0.2, 0.25) is 15.9 Å². The maximum Gasteiger partial charge on any atom is 0.241 e.